The number of carboxylic acids is 1. The molecule has 0 aromatic carbocycles. The van der Waals surface area contributed by atoms with Crippen LogP contribution in [-0.4, -0.2) is 50.0 Å². The fourth-order valence-corrected chi connectivity index (χ4v) is 2.43. The summed E-state index contributed by atoms with van der Waals surface area (Å²) in [6.45, 7) is 1.80. The normalized spacial score (nSPS) is 19.4. The molecular weight excluding hydrogens is 248 g/mol. The Balaban J connectivity index is 1.79. The lowest BCUT2D eigenvalue weighted by molar-refractivity contribution is -0.140. The smallest absolute Gasteiger partial charge is 0.303 e. The molecule has 7 heteroatoms. The highest BCUT2D eigenvalue weighted by molar-refractivity contribution is 5.76. The van der Waals surface area contributed by atoms with Crippen molar-refractivity contribution in [3.8, 4) is 0 Å². The maximum atomic E-state index is 12.0. The van der Waals surface area contributed by atoms with Crippen molar-refractivity contribution in [1.82, 2.24) is 19.9 Å². The molecular formula is C12H18N4O3. The van der Waals surface area contributed by atoms with Crippen molar-refractivity contribution in [3.05, 3.63) is 12.4 Å². The van der Waals surface area contributed by atoms with Gasteiger partial charge in [-0.3, -0.25) is 14.3 Å². The number of hydrogen-bond acceptors (Lipinski definition) is 4. The topological polar surface area (TPSA) is 88.3 Å². The van der Waals surface area contributed by atoms with Crippen molar-refractivity contribution in [1.29, 1.82) is 0 Å². The number of hydrogen-bond donors (Lipinski definition) is 1. The zero-order valence-electron chi connectivity index (χ0n) is 10.7. The van der Waals surface area contributed by atoms with Crippen molar-refractivity contribution in [2.75, 3.05) is 13.1 Å². The van der Waals surface area contributed by atoms with Crippen molar-refractivity contribution in [2.24, 2.45) is 5.92 Å². The molecule has 1 aliphatic rings. The molecule has 104 valence electrons. The van der Waals surface area contributed by atoms with Gasteiger partial charge in [0.25, 0.3) is 0 Å². The van der Waals surface area contributed by atoms with E-state index in [4.69, 9.17) is 5.11 Å². The van der Waals surface area contributed by atoms with E-state index in [-0.39, 0.29) is 18.2 Å². The maximum absolute atomic E-state index is 12.0. The molecule has 1 unspecified atom stereocenters. The van der Waals surface area contributed by atoms with Gasteiger partial charge >= 0.3 is 5.97 Å². The maximum Gasteiger partial charge on any atom is 0.303 e. The van der Waals surface area contributed by atoms with Crippen LogP contribution in [0.4, 0.5) is 0 Å². The Kier molecular flexibility index (Phi) is 4.48. The number of carboxylic acid groups (broad SMARTS) is 1. The molecule has 0 aliphatic carbocycles. The second-order valence-corrected chi connectivity index (χ2v) is 4.86. The third kappa shape index (κ3) is 4.04. The van der Waals surface area contributed by atoms with Gasteiger partial charge in [-0.25, -0.2) is 0 Å². The third-order valence-electron chi connectivity index (χ3n) is 3.36. The Labute approximate surface area is 111 Å². The van der Waals surface area contributed by atoms with Crippen molar-refractivity contribution >= 4 is 11.9 Å². The molecule has 1 aromatic rings. The number of piperidine rings is 1. The van der Waals surface area contributed by atoms with Crippen LogP contribution in [0, 0.1) is 5.92 Å². The van der Waals surface area contributed by atoms with Gasteiger partial charge in [-0.15, -0.1) is 5.10 Å². The summed E-state index contributed by atoms with van der Waals surface area (Å²) in [6, 6.07) is 0. The largest absolute Gasteiger partial charge is 0.481 e. The molecule has 1 amide bonds. The summed E-state index contributed by atoms with van der Waals surface area (Å²) in [6.07, 6.45) is 5.59. The van der Waals surface area contributed by atoms with Crippen LogP contribution in [0.1, 0.15) is 25.7 Å². The number of rotatable bonds is 5. The van der Waals surface area contributed by atoms with Crippen molar-refractivity contribution < 1.29 is 14.7 Å². The molecule has 1 aromatic heterocycles. The highest BCUT2D eigenvalue weighted by Crippen LogP contribution is 2.20. The average molecular weight is 266 g/mol. The molecule has 19 heavy (non-hydrogen) atoms. The van der Waals surface area contributed by atoms with E-state index >= 15 is 0 Å². The standard InChI is InChI=1S/C12H18N4O3/c17-11(3-6-16-7-4-13-14-16)15-5-1-2-10(9-15)8-12(18)19/h4,7,10H,1-3,5-6,8-9H2,(H,18,19). The van der Waals surface area contributed by atoms with E-state index in [1.54, 1.807) is 22.0 Å². The molecule has 0 spiro atoms. The van der Waals surface area contributed by atoms with Crippen LogP contribution in [0.25, 0.3) is 0 Å². The summed E-state index contributed by atoms with van der Waals surface area (Å²) in [7, 11) is 0. The third-order valence-corrected chi connectivity index (χ3v) is 3.36. The second kappa shape index (κ2) is 6.31. The van der Waals surface area contributed by atoms with Gasteiger partial charge in [-0.1, -0.05) is 5.21 Å². The van der Waals surface area contributed by atoms with E-state index in [2.05, 4.69) is 10.3 Å². The van der Waals surface area contributed by atoms with Crippen LogP contribution < -0.4 is 0 Å². The monoisotopic (exact) mass is 266 g/mol. The van der Waals surface area contributed by atoms with Gasteiger partial charge in [0.1, 0.15) is 0 Å². The minimum atomic E-state index is -0.790. The minimum absolute atomic E-state index is 0.0607. The average Bonchev–Trinajstić information content (AvgIpc) is 2.88. The SMILES string of the molecule is O=C(O)CC1CCCN(C(=O)CCn2ccnn2)C1. The fraction of sp³-hybridized carbons (Fsp3) is 0.667. The van der Waals surface area contributed by atoms with Crippen molar-refractivity contribution in [3.63, 3.8) is 0 Å². The molecule has 2 rings (SSSR count). The zero-order valence-corrected chi connectivity index (χ0v) is 10.7. The predicted molar refractivity (Wildman–Crippen MR) is 66.2 cm³/mol. The van der Waals surface area contributed by atoms with E-state index in [9.17, 15) is 9.59 Å². The molecule has 1 fully saturated rings. The molecule has 1 atom stereocenters. The number of carbonyl (C=O) groups excluding carboxylic acids is 1. The van der Waals surface area contributed by atoms with Crippen LogP contribution in [-0.2, 0) is 16.1 Å². The van der Waals surface area contributed by atoms with Crippen LogP contribution in [0.3, 0.4) is 0 Å². The summed E-state index contributed by atoms with van der Waals surface area (Å²) >= 11 is 0. The summed E-state index contributed by atoms with van der Waals surface area (Å²) in [4.78, 5) is 24.5. The van der Waals surface area contributed by atoms with E-state index in [0.717, 1.165) is 19.4 Å². The number of aliphatic carboxylic acids is 1. The molecule has 7 nitrogen and oxygen atoms in total. The van der Waals surface area contributed by atoms with E-state index in [1.165, 1.54) is 0 Å². The predicted octanol–water partition coefficient (Wildman–Crippen LogP) is 0.381. The summed E-state index contributed by atoms with van der Waals surface area (Å²) in [5.74, 6) is -0.644. The minimum Gasteiger partial charge on any atom is -0.481 e. The van der Waals surface area contributed by atoms with E-state index in [0.29, 0.717) is 19.5 Å². The summed E-state index contributed by atoms with van der Waals surface area (Å²) in [5.41, 5.74) is 0. The van der Waals surface area contributed by atoms with Crippen LogP contribution in [0.5, 0.6) is 0 Å². The first-order chi connectivity index (χ1) is 9.15. The summed E-state index contributed by atoms with van der Waals surface area (Å²) < 4.78 is 1.62. The highest BCUT2D eigenvalue weighted by Gasteiger charge is 2.24. The van der Waals surface area contributed by atoms with E-state index in [1.807, 2.05) is 0 Å². The van der Waals surface area contributed by atoms with Gasteiger partial charge in [0.15, 0.2) is 0 Å². The van der Waals surface area contributed by atoms with Gasteiger partial charge < -0.3 is 10.0 Å². The number of likely N-dealkylation sites (tertiary alicyclic amines) is 1. The second-order valence-electron chi connectivity index (χ2n) is 4.86. The lowest BCUT2D eigenvalue weighted by Crippen LogP contribution is -2.40. The fourth-order valence-electron chi connectivity index (χ4n) is 2.43. The van der Waals surface area contributed by atoms with Crippen molar-refractivity contribution in [2.45, 2.75) is 32.2 Å². The molecule has 2 heterocycles. The Bertz CT molecular complexity index is 432. The number of aromatic nitrogens is 3. The Hall–Kier alpha value is -1.92. The molecule has 1 saturated heterocycles. The zero-order chi connectivity index (χ0) is 13.7. The Morgan fingerprint density at radius 3 is 2.95 bits per heavy atom. The Morgan fingerprint density at radius 2 is 2.26 bits per heavy atom. The van der Waals surface area contributed by atoms with Crippen LogP contribution in [0.2, 0.25) is 0 Å². The van der Waals surface area contributed by atoms with Gasteiger partial charge in [-0.05, 0) is 18.8 Å². The van der Waals surface area contributed by atoms with Gasteiger partial charge in [0.05, 0.1) is 12.7 Å². The highest BCUT2D eigenvalue weighted by atomic mass is 16.4. The molecule has 1 N–H and O–H groups in total. The van der Waals surface area contributed by atoms with Gasteiger partial charge in [0, 0.05) is 32.1 Å². The van der Waals surface area contributed by atoms with Crippen LogP contribution in [0.15, 0.2) is 12.4 Å². The summed E-state index contributed by atoms with van der Waals surface area (Å²) in [5, 5.41) is 16.3. The lowest BCUT2D eigenvalue weighted by atomic mass is 9.94. The lowest BCUT2D eigenvalue weighted by Gasteiger charge is -2.32. The molecule has 0 saturated carbocycles. The first-order valence-electron chi connectivity index (χ1n) is 6.49. The number of aryl methyl sites for hydroxylation is 1. The quantitative estimate of drug-likeness (QED) is 0.832. The Morgan fingerprint density at radius 1 is 1.42 bits per heavy atom. The number of carbonyl (C=O) groups is 2. The first kappa shape index (κ1) is 13.5. The van der Waals surface area contributed by atoms with Gasteiger partial charge in [-0.2, -0.15) is 0 Å². The molecule has 0 radical (unpaired) electrons. The van der Waals surface area contributed by atoms with E-state index < -0.39 is 5.97 Å². The number of nitrogens with zero attached hydrogens (tertiary/aromatic N) is 4. The van der Waals surface area contributed by atoms with Crippen LogP contribution >= 0.6 is 0 Å². The molecule has 1 aliphatic heterocycles. The first-order valence-corrected chi connectivity index (χ1v) is 6.49. The molecule has 0 bridgehead atoms. The number of amides is 1. The van der Waals surface area contributed by atoms with Gasteiger partial charge in [0.2, 0.25) is 5.91 Å².